The van der Waals surface area contributed by atoms with Crippen molar-refractivity contribution in [3.05, 3.63) is 39.3 Å². The van der Waals surface area contributed by atoms with Crippen LogP contribution in [0.4, 0.5) is 5.13 Å². The van der Waals surface area contributed by atoms with E-state index in [1.54, 1.807) is 12.1 Å². The predicted molar refractivity (Wildman–Crippen MR) is 79.9 cm³/mol. The van der Waals surface area contributed by atoms with Crippen LogP contribution in [0, 0.1) is 0 Å². The van der Waals surface area contributed by atoms with Gasteiger partial charge < -0.3 is 4.74 Å². The molecule has 1 amide bonds. The summed E-state index contributed by atoms with van der Waals surface area (Å²) in [7, 11) is 0. The third-order valence-electron chi connectivity index (χ3n) is 2.97. The first kappa shape index (κ1) is 13.7. The number of hydrogen-bond donors (Lipinski definition) is 1. The molecule has 104 valence electrons. The number of rotatable bonds is 3. The topological polar surface area (TPSA) is 64.1 Å². The fraction of sp³-hybridized carbons (Fsp3) is 0.308. The van der Waals surface area contributed by atoms with Gasteiger partial charge in [0.25, 0.3) is 5.91 Å². The maximum absolute atomic E-state index is 12.0. The lowest BCUT2D eigenvalue weighted by Crippen LogP contribution is -2.11. The zero-order chi connectivity index (χ0) is 13.9. The Morgan fingerprint density at radius 2 is 2.15 bits per heavy atom. The Bertz CT molecular complexity index is 608. The monoisotopic (exact) mass is 353 g/mol. The summed E-state index contributed by atoms with van der Waals surface area (Å²) >= 11 is 4.70. The zero-order valence-corrected chi connectivity index (χ0v) is 12.9. The second-order valence-electron chi connectivity index (χ2n) is 4.41. The van der Waals surface area contributed by atoms with E-state index < -0.39 is 0 Å². The van der Waals surface area contributed by atoms with E-state index in [2.05, 4.69) is 31.4 Å². The average Bonchev–Trinajstić information content (AvgIpc) is 3.09. The van der Waals surface area contributed by atoms with Crippen LogP contribution in [-0.2, 0) is 4.74 Å². The highest BCUT2D eigenvalue weighted by Gasteiger charge is 2.22. The van der Waals surface area contributed by atoms with Crippen LogP contribution in [0.15, 0.2) is 28.7 Å². The van der Waals surface area contributed by atoms with Gasteiger partial charge in [0, 0.05) is 16.6 Å². The first-order chi connectivity index (χ1) is 9.72. The molecule has 3 rings (SSSR count). The summed E-state index contributed by atoms with van der Waals surface area (Å²) in [6, 6.07) is 7.16. The van der Waals surface area contributed by atoms with Crippen molar-refractivity contribution >= 4 is 38.3 Å². The van der Waals surface area contributed by atoms with Crippen molar-refractivity contribution in [2.75, 3.05) is 11.9 Å². The lowest BCUT2D eigenvalue weighted by molar-refractivity contribution is 0.102. The molecule has 20 heavy (non-hydrogen) atoms. The van der Waals surface area contributed by atoms with Crippen LogP contribution in [-0.4, -0.2) is 22.7 Å². The molecule has 7 heteroatoms. The van der Waals surface area contributed by atoms with Crippen LogP contribution >= 0.6 is 27.3 Å². The number of anilines is 1. The molecule has 0 bridgehead atoms. The highest BCUT2D eigenvalue weighted by Crippen LogP contribution is 2.31. The van der Waals surface area contributed by atoms with Crippen molar-refractivity contribution in [3.63, 3.8) is 0 Å². The van der Waals surface area contributed by atoms with Crippen molar-refractivity contribution in [1.29, 1.82) is 0 Å². The van der Waals surface area contributed by atoms with E-state index in [-0.39, 0.29) is 12.0 Å². The van der Waals surface area contributed by atoms with Gasteiger partial charge in [-0.05, 0) is 37.1 Å². The van der Waals surface area contributed by atoms with E-state index >= 15 is 0 Å². The van der Waals surface area contributed by atoms with Gasteiger partial charge in [0.2, 0.25) is 5.13 Å². The van der Waals surface area contributed by atoms with Crippen molar-refractivity contribution in [2.45, 2.75) is 18.9 Å². The quantitative estimate of drug-likeness (QED) is 0.918. The Labute approximate surface area is 128 Å². The number of halogens is 1. The van der Waals surface area contributed by atoms with Crippen molar-refractivity contribution in [2.24, 2.45) is 0 Å². The molecule has 0 aliphatic carbocycles. The number of nitrogens with zero attached hydrogens (tertiary/aromatic N) is 2. The first-order valence-corrected chi connectivity index (χ1v) is 7.85. The number of ether oxygens (including phenoxy) is 1. The SMILES string of the molecule is O=C(Nc1nnc([C@@H]2CCCO2)s1)c1ccc(Br)cc1. The zero-order valence-electron chi connectivity index (χ0n) is 10.5. The summed E-state index contributed by atoms with van der Waals surface area (Å²) in [5.41, 5.74) is 0.585. The van der Waals surface area contributed by atoms with Crippen molar-refractivity contribution < 1.29 is 9.53 Å². The van der Waals surface area contributed by atoms with Crippen LogP contribution in [0.2, 0.25) is 0 Å². The van der Waals surface area contributed by atoms with Crippen molar-refractivity contribution in [3.8, 4) is 0 Å². The summed E-state index contributed by atoms with van der Waals surface area (Å²) in [4.78, 5) is 12.0. The molecule has 1 aliphatic rings. The predicted octanol–water partition coefficient (Wildman–Crippen LogP) is 3.40. The maximum atomic E-state index is 12.0. The summed E-state index contributed by atoms with van der Waals surface area (Å²) in [6.07, 6.45) is 2.05. The molecule has 0 spiro atoms. The minimum absolute atomic E-state index is 0.0332. The number of hydrogen-bond acceptors (Lipinski definition) is 5. The fourth-order valence-electron chi connectivity index (χ4n) is 1.96. The minimum Gasteiger partial charge on any atom is -0.371 e. The van der Waals surface area contributed by atoms with E-state index in [4.69, 9.17) is 4.74 Å². The lowest BCUT2D eigenvalue weighted by atomic mass is 10.2. The Morgan fingerprint density at radius 1 is 1.35 bits per heavy atom. The molecular weight excluding hydrogens is 342 g/mol. The third-order valence-corrected chi connectivity index (χ3v) is 4.43. The second kappa shape index (κ2) is 5.99. The van der Waals surface area contributed by atoms with Gasteiger partial charge in [-0.3, -0.25) is 10.1 Å². The van der Waals surface area contributed by atoms with Gasteiger partial charge >= 0.3 is 0 Å². The molecule has 0 saturated carbocycles. The van der Waals surface area contributed by atoms with Gasteiger partial charge in [-0.15, -0.1) is 10.2 Å². The van der Waals surface area contributed by atoms with Crippen LogP contribution < -0.4 is 5.32 Å². The van der Waals surface area contributed by atoms with Gasteiger partial charge in [-0.1, -0.05) is 27.3 Å². The van der Waals surface area contributed by atoms with Crippen LogP contribution in [0.25, 0.3) is 0 Å². The molecule has 1 saturated heterocycles. The van der Waals surface area contributed by atoms with E-state index in [9.17, 15) is 4.79 Å². The Kier molecular flexibility index (Phi) is 4.09. The van der Waals surface area contributed by atoms with Crippen LogP contribution in [0.1, 0.15) is 34.3 Å². The smallest absolute Gasteiger partial charge is 0.257 e. The molecule has 5 nitrogen and oxygen atoms in total. The fourth-order valence-corrected chi connectivity index (χ4v) is 3.04. The molecule has 0 radical (unpaired) electrons. The van der Waals surface area contributed by atoms with E-state index in [0.29, 0.717) is 10.7 Å². The van der Waals surface area contributed by atoms with Crippen LogP contribution in [0.5, 0.6) is 0 Å². The highest BCUT2D eigenvalue weighted by atomic mass is 79.9. The summed E-state index contributed by atoms with van der Waals surface area (Å²) in [5, 5.41) is 12.2. The lowest BCUT2D eigenvalue weighted by Gasteiger charge is -2.02. The summed E-state index contributed by atoms with van der Waals surface area (Å²) < 4.78 is 6.48. The molecule has 1 fully saturated rings. The summed E-state index contributed by atoms with van der Waals surface area (Å²) in [5.74, 6) is -0.187. The minimum atomic E-state index is -0.187. The van der Waals surface area contributed by atoms with E-state index in [0.717, 1.165) is 28.9 Å². The molecule has 1 aromatic heterocycles. The Balaban J connectivity index is 1.68. The highest BCUT2D eigenvalue weighted by molar-refractivity contribution is 9.10. The molecular formula is C13H12BrN3O2S. The molecule has 1 N–H and O–H groups in total. The molecule has 2 heterocycles. The third kappa shape index (κ3) is 3.05. The van der Waals surface area contributed by atoms with Gasteiger partial charge in [0.15, 0.2) is 0 Å². The maximum Gasteiger partial charge on any atom is 0.257 e. The average molecular weight is 354 g/mol. The standard InChI is InChI=1S/C13H12BrN3O2S/c14-9-5-3-8(4-6-9)11(18)15-13-17-16-12(20-13)10-2-1-7-19-10/h3-6,10H,1-2,7H2,(H,15,17,18)/t10-/m0/s1. The van der Waals surface area contributed by atoms with E-state index in [1.807, 2.05) is 12.1 Å². The molecule has 0 unspecified atom stereocenters. The van der Waals surface area contributed by atoms with Gasteiger partial charge in [0.05, 0.1) is 0 Å². The van der Waals surface area contributed by atoms with Gasteiger partial charge in [-0.2, -0.15) is 0 Å². The molecule has 2 aromatic rings. The number of carbonyl (C=O) groups is 1. The number of benzene rings is 1. The number of nitrogens with one attached hydrogen (secondary N) is 1. The molecule has 1 atom stereocenters. The van der Waals surface area contributed by atoms with Crippen LogP contribution in [0.3, 0.4) is 0 Å². The van der Waals surface area contributed by atoms with Gasteiger partial charge in [0.1, 0.15) is 11.1 Å². The first-order valence-electron chi connectivity index (χ1n) is 6.24. The molecule has 1 aromatic carbocycles. The largest absolute Gasteiger partial charge is 0.371 e. The number of carbonyl (C=O) groups excluding carboxylic acids is 1. The Hall–Kier alpha value is -1.31. The van der Waals surface area contributed by atoms with Crippen molar-refractivity contribution in [1.82, 2.24) is 10.2 Å². The Morgan fingerprint density at radius 3 is 2.85 bits per heavy atom. The normalized spacial score (nSPS) is 18.1. The van der Waals surface area contributed by atoms with E-state index in [1.165, 1.54) is 11.3 Å². The molecule has 1 aliphatic heterocycles. The van der Waals surface area contributed by atoms with Gasteiger partial charge in [-0.25, -0.2) is 0 Å². The summed E-state index contributed by atoms with van der Waals surface area (Å²) in [6.45, 7) is 0.769. The number of amides is 1. The number of aromatic nitrogens is 2. The second-order valence-corrected chi connectivity index (χ2v) is 6.33.